The van der Waals surface area contributed by atoms with Crippen molar-refractivity contribution in [1.82, 2.24) is 10.2 Å². The third-order valence-electron chi connectivity index (χ3n) is 2.24. The Hall–Kier alpha value is 0.250. The number of hydrogen-bond acceptors (Lipinski definition) is 3. The molecule has 4 atom stereocenters. The number of carboxylic acids is 1. The van der Waals surface area contributed by atoms with Gasteiger partial charge in [-0.3, -0.25) is 15.0 Å². The smallest absolute Gasteiger partial charge is 0.321 e. The Kier molecular flexibility index (Phi) is 6.08. The molecule has 0 aliphatic rings. The molecule has 4 unspecified atom stereocenters. The van der Waals surface area contributed by atoms with Crippen LogP contribution < -0.4 is 10.2 Å². The third-order valence-corrected chi connectivity index (χ3v) is 3.38. The zero-order valence-electron chi connectivity index (χ0n) is 8.87. The summed E-state index contributed by atoms with van der Waals surface area (Å²) in [5.74, 6) is -0.750. The van der Waals surface area contributed by atoms with Gasteiger partial charge in [-0.05, 0) is 26.2 Å². The minimum Gasteiger partial charge on any atom is -0.480 e. The van der Waals surface area contributed by atoms with Crippen LogP contribution in [0, 0.1) is 5.92 Å². The normalized spacial score (nSPS) is 16.4. The molecule has 4 nitrogen and oxygen atoms in total. The van der Waals surface area contributed by atoms with Gasteiger partial charge in [0.05, 0.1) is 0 Å². The largest absolute Gasteiger partial charge is 0.480 e. The first-order chi connectivity index (χ1) is 6.34. The molecule has 0 saturated carbocycles. The van der Waals surface area contributed by atoms with E-state index < -0.39 is 12.0 Å². The molecule has 14 heavy (non-hydrogen) atoms. The first-order valence-electron chi connectivity index (χ1n) is 4.50. The Labute approximate surface area is 90.1 Å². The summed E-state index contributed by atoms with van der Waals surface area (Å²) in [6.45, 7) is 6.01. The van der Waals surface area contributed by atoms with Gasteiger partial charge < -0.3 is 5.11 Å². The van der Waals surface area contributed by atoms with Crippen molar-refractivity contribution >= 4 is 24.8 Å². The zero-order valence-corrected chi connectivity index (χ0v) is 11.2. The van der Waals surface area contributed by atoms with Crippen molar-refractivity contribution in [2.75, 3.05) is 0 Å². The number of rotatable bonds is 6. The van der Waals surface area contributed by atoms with Crippen LogP contribution in [0.5, 0.6) is 0 Å². The van der Waals surface area contributed by atoms with E-state index in [4.69, 9.17) is 5.11 Å². The van der Waals surface area contributed by atoms with Gasteiger partial charge in [-0.1, -0.05) is 25.7 Å². The van der Waals surface area contributed by atoms with Crippen LogP contribution >= 0.6 is 18.8 Å². The van der Waals surface area contributed by atoms with Gasteiger partial charge in [0.15, 0.2) is 0 Å². The molecule has 0 heterocycles. The summed E-state index contributed by atoms with van der Waals surface area (Å²) >= 11 is 0. The van der Waals surface area contributed by atoms with Gasteiger partial charge in [0.25, 0.3) is 0 Å². The highest BCUT2D eigenvalue weighted by Crippen LogP contribution is 2.20. The van der Waals surface area contributed by atoms with E-state index >= 15 is 0 Å². The highest BCUT2D eigenvalue weighted by molar-refractivity contribution is 7.14. The molecule has 0 spiro atoms. The Bertz CT molecular complexity index is 200. The highest BCUT2D eigenvalue weighted by Gasteiger charge is 2.28. The van der Waals surface area contributed by atoms with E-state index in [0.717, 1.165) is 6.42 Å². The van der Waals surface area contributed by atoms with Crippen LogP contribution in [0.25, 0.3) is 0 Å². The standard InChI is InChI=1S/C8H20N2O2P2/c1-5(4-8(2,3)10-14)6(9-13)7(11)12/h5-6,9-10H,4,13-14H2,1-3H3,(H,11,12). The second-order valence-corrected chi connectivity index (χ2v) is 4.81. The van der Waals surface area contributed by atoms with E-state index in [9.17, 15) is 4.79 Å². The number of carbonyl (C=O) groups is 1. The molecule has 0 aliphatic carbocycles. The van der Waals surface area contributed by atoms with Crippen LogP contribution in [-0.4, -0.2) is 22.7 Å². The van der Waals surface area contributed by atoms with Gasteiger partial charge in [0, 0.05) is 5.54 Å². The summed E-state index contributed by atoms with van der Waals surface area (Å²) in [7, 11) is 4.72. The third kappa shape index (κ3) is 4.65. The first-order valence-corrected chi connectivity index (χ1v) is 5.66. The molecule has 3 N–H and O–H groups in total. The summed E-state index contributed by atoms with van der Waals surface area (Å²) < 4.78 is 0. The van der Waals surface area contributed by atoms with Crippen molar-refractivity contribution < 1.29 is 9.90 Å². The molecule has 0 aromatic carbocycles. The fourth-order valence-electron chi connectivity index (χ4n) is 1.46. The quantitative estimate of drug-likeness (QED) is 0.604. The number of aliphatic carboxylic acids is 1. The monoisotopic (exact) mass is 238 g/mol. The topological polar surface area (TPSA) is 61.4 Å². The van der Waals surface area contributed by atoms with Crippen LogP contribution in [0.1, 0.15) is 27.2 Å². The van der Waals surface area contributed by atoms with Crippen LogP contribution in [0.15, 0.2) is 0 Å². The highest BCUT2D eigenvalue weighted by atomic mass is 31.0. The SMILES string of the molecule is CC(CC(C)(C)NP)C(NP)C(=O)O. The second kappa shape index (κ2) is 5.97. The molecule has 0 saturated heterocycles. The van der Waals surface area contributed by atoms with Crippen LogP contribution in [-0.2, 0) is 4.79 Å². The number of carboxylic acid groups (broad SMARTS) is 1. The van der Waals surface area contributed by atoms with Crippen molar-refractivity contribution in [3.05, 3.63) is 0 Å². The van der Waals surface area contributed by atoms with Gasteiger partial charge in [-0.2, -0.15) is 0 Å². The van der Waals surface area contributed by atoms with Crippen LogP contribution in [0.3, 0.4) is 0 Å². The summed E-state index contributed by atoms with van der Waals surface area (Å²) in [6, 6.07) is -0.516. The van der Waals surface area contributed by atoms with Crippen molar-refractivity contribution in [1.29, 1.82) is 0 Å². The van der Waals surface area contributed by atoms with Gasteiger partial charge in [-0.25, -0.2) is 0 Å². The lowest BCUT2D eigenvalue weighted by atomic mass is 9.88. The minimum absolute atomic E-state index is 0.0630. The maximum atomic E-state index is 10.8. The van der Waals surface area contributed by atoms with Gasteiger partial charge in [0.1, 0.15) is 6.04 Å². The molecular formula is C8H20N2O2P2. The molecule has 0 aliphatic heterocycles. The Morgan fingerprint density at radius 2 is 2.00 bits per heavy atom. The maximum absolute atomic E-state index is 10.8. The predicted octanol–water partition coefficient (Wildman–Crippen LogP) is 1.00. The van der Waals surface area contributed by atoms with Crippen molar-refractivity contribution in [2.45, 2.75) is 38.8 Å². The fraction of sp³-hybridized carbons (Fsp3) is 0.875. The molecule has 6 heteroatoms. The average molecular weight is 238 g/mol. The van der Waals surface area contributed by atoms with E-state index in [1.54, 1.807) is 0 Å². The average Bonchev–Trinajstić information content (AvgIpc) is 2.03. The second-order valence-electron chi connectivity index (χ2n) is 4.19. The summed E-state index contributed by atoms with van der Waals surface area (Å²) in [4.78, 5) is 10.8. The van der Waals surface area contributed by atoms with E-state index in [-0.39, 0.29) is 11.5 Å². The molecule has 84 valence electrons. The number of nitrogens with one attached hydrogen (secondary N) is 2. The molecule has 0 radical (unpaired) electrons. The molecule has 0 amide bonds. The van der Waals surface area contributed by atoms with E-state index in [0.29, 0.717) is 0 Å². The lowest BCUT2D eigenvalue weighted by Crippen LogP contribution is -2.42. The number of hydrogen-bond donors (Lipinski definition) is 3. The first kappa shape index (κ1) is 14.2. The summed E-state index contributed by atoms with van der Waals surface area (Å²) in [5, 5.41) is 14.7. The van der Waals surface area contributed by atoms with Crippen molar-refractivity contribution in [3.63, 3.8) is 0 Å². The van der Waals surface area contributed by atoms with Crippen LogP contribution in [0.2, 0.25) is 0 Å². The van der Waals surface area contributed by atoms with Gasteiger partial charge in [0.2, 0.25) is 0 Å². The van der Waals surface area contributed by atoms with Gasteiger partial charge >= 0.3 is 5.97 Å². The molecule has 0 rings (SSSR count). The van der Waals surface area contributed by atoms with E-state index in [1.807, 2.05) is 20.8 Å². The Balaban J connectivity index is 4.31. The molecule has 0 aromatic rings. The molecule has 0 bridgehead atoms. The Morgan fingerprint density at radius 3 is 2.29 bits per heavy atom. The lowest BCUT2D eigenvalue weighted by molar-refractivity contribution is -0.140. The maximum Gasteiger partial charge on any atom is 0.321 e. The minimum atomic E-state index is -0.813. The molecule has 0 fully saturated rings. The van der Waals surface area contributed by atoms with E-state index in [1.165, 1.54) is 0 Å². The fourth-order valence-corrected chi connectivity index (χ4v) is 2.05. The molecule has 0 aromatic heterocycles. The summed E-state index contributed by atoms with van der Waals surface area (Å²) in [5.41, 5.74) is -0.0701. The van der Waals surface area contributed by atoms with Crippen molar-refractivity contribution in [3.8, 4) is 0 Å². The van der Waals surface area contributed by atoms with E-state index in [2.05, 4.69) is 29.0 Å². The zero-order chi connectivity index (χ0) is 11.4. The summed E-state index contributed by atoms with van der Waals surface area (Å²) in [6.07, 6.45) is 0.787. The lowest BCUT2D eigenvalue weighted by Gasteiger charge is -2.30. The van der Waals surface area contributed by atoms with Crippen LogP contribution in [0.4, 0.5) is 0 Å². The predicted molar refractivity (Wildman–Crippen MR) is 65.0 cm³/mol. The van der Waals surface area contributed by atoms with Crippen molar-refractivity contribution in [2.24, 2.45) is 5.92 Å². The Morgan fingerprint density at radius 1 is 1.50 bits per heavy atom. The molecular weight excluding hydrogens is 218 g/mol. The van der Waals surface area contributed by atoms with Gasteiger partial charge in [-0.15, -0.1) is 0 Å².